The Morgan fingerprint density at radius 3 is 2.50 bits per heavy atom. The monoisotopic (exact) mass is 471 g/mol. The Kier molecular flexibility index (Phi) is 6.23. The molecule has 0 radical (unpaired) electrons. The van der Waals surface area contributed by atoms with Crippen molar-refractivity contribution in [3.63, 3.8) is 0 Å². The highest BCUT2D eigenvalue weighted by Crippen LogP contribution is 2.42. The van der Waals surface area contributed by atoms with E-state index in [2.05, 4.69) is 4.90 Å². The number of para-hydroxylation sites is 1. The third kappa shape index (κ3) is 4.63. The Morgan fingerprint density at radius 1 is 0.912 bits per heavy atom. The van der Waals surface area contributed by atoms with E-state index < -0.39 is 11.7 Å². The standard InChI is InChI=1S/C26H28F3N3O2/c27-26(28,29)19-11-12-21-23(17-19)34-22-10-5-4-9-20(22)24(30-21)31-13-6-14-32(16-15-31)25(33)18-7-2-1-3-8-18/h4-5,9-12,17-18H,1-3,6-8,13-16H2. The first kappa shape index (κ1) is 22.7. The van der Waals surface area contributed by atoms with Gasteiger partial charge in [-0.05, 0) is 49.6 Å². The van der Waals surface area contributed by atoms with Gasteiger partial charge in [-0.3, -0.25) is 4.79 Å². The van der Waals surface area contributed by atoms with Crippen LogP contribution in [0, 0.1) is 5.92 Å². The molecule has 2 aromatic carbocycles. The fourth-order valence-corrected chi connectivity index (χ4v) is 5.10. The lowest BCUT2D eigenvalue weighted by Crippen LogP contribution is -2.40. The van der Waals surface area contributed by atoms with E-state index in [1.54, 1.807) is 12.1 Å². The van der Waals surface area contributed by atoms with Gasteiger partial charge in [-0.15, -0.1) is 0 Å². The Balaban J connectivity index is 1.43. The lowest BCUT2D eigenvalue weighted by Gasteiger charge is -2.29. The predicted octanol–water partition coefficient (Wildman–Crippen LogP) is 6.00. The van der Waals surface area contributed by atoms with Crippen molar-refractivity contribution in [3.05, 3.63) is 53.6 Å². The molecule has 5 nitrogen and oxygen atoms in total. The number of alkyl halides is 3. The molecule has 1 aliphatic carbocycles. The lowest BCUT2D eigenvalue weighted by atomic mass is 9.88. The van der Waals surface area contributed by atoms with Crippen molar-refractivity contribution in [1.82, 2.24) is 9.80 Å². The number of carbonyl (C=O) groups is 1. The van der Waals surface area contributed by atoms with Crippen LogP contribution < -0.4 is 4.74 Å². The number of amides is 1. The van der Waals surface area contributed by atoms with Crippen molar-refractivity contribution in [3.8, 4) is 11.5 Å². The molecule has 0 unspecified atom stereocenters. The zero-order chi connectivity index (χ0) is 23.7. The van der Waals surface area contributed by atoms with Crippen LogP contribution in [-0.2, 0) is 11.0 Å². The van der Waals surface area contributed by atoms with E-state index in [0.29, 0.717) is 43.5 Å². The predicted molar refractivity (Wildman–Crippen MR) is 124 cm³/mol. The molecule has 2 fully saturated rings. The smallest absolute Gasteiger partial charge is 0.416 e. The summed E-state index contributed by atoms with van der Waals surface area (Å²) in [5.74, 6) is 1.62. The van der Waals surface area contributed by atoms with E-state index in [1.807, 2.05) is 17.0 Å². The largest absolute Gasteiger partial charge is 0.454 e. The fourth-order valence-electron chi connectivity index (χ4n) is 5.10. The highest BCUT2D eigenvalue weighted by molar-refractivity contribution is 6.03. The highest BCUT2D eigenvalue weighted by Gasteiger charge is 2.33. The van der Waals surface area contributed by atoms with Crippen LogP contribution in [0.2, 0.25) is 0 Å². The molecule has 180 valence electrons. The van der Waals surface area contributed by atoms with Crippen molar-refractivity contribution in [2.75, 3.05) is 26.2 Å². The number of ether oxygens (including phenoxy) is 1. The average Bonchev–Trinajstić information content (AvgIpc) is 3.18. The summed E-state index contributed by atoms with van der Waals surface area (Å²) >= 11 is 0. The van der Waals surface area contributed by atoms with Crippen LogP contribution in [-0.4, -0.2) is 47.7 Å². The summed E-state index contributed by atoms with van der Waals surface area (Å²) in [5.41, 5.74) is 0.326. The lowest BCUT2D eigenvalue weighted by molar-refractivity contribution is -0.138. The van der Waals surface area contributed by atoms with E-state index in [4.69, 9.17) is 9.73 Å². The van der Waals surface area contributed by atoms with E-state index >= 15 is 0 Å². The molecule has 0 bridgehead atoms. The summed E-state index contributed by atoms with van der Waals surface area (Å²) in [6.07, 6.45) is 1.76. The molecule has 0 atom stereocenters. The summed E-state index contributed by atoms with van der Waals surface area (Å²) in [6, 6.07) is 10.7. The molecule has 0 spiro atoms. The van der Waals surface area contributed by atoms with Gasteiger partial charge in [0.25, 0.3) is 0 Å². The molecule has 5 rings (SSSR count). The van der Waals surface area contributed by atoms with Gasteiger partial charge < -0.3 is 14.5 Å². The van der Waals surface area contributed by atoms with Gasteiger partial charge in [-0.25, -0.2) is 4.99 Å². The first-order chi connectivity index (χ1) is 16.4. The number of aliphatic imine (C=N–C) groups is 1. The molecule has 1 amide bonds. The molecule has 3 aliphatic rings. The molecule has 8 heteroatoms. The van der Waals surface area contributed by atoms with Gasteiger partial charge in [0.2, 0.25) is 5.91 Å². The van der Waals surface area contributed by atoms with Gasteiger partial charge in [0.15, 0.2) is 5.75 Å². The molecule has 2 aromatic rings. The fraction of sp³-hybridized carbons (Fsp3) is 0.462. The molecular weight excluding hydrogens is 443 g/mol. The number of nitrogens with zero attached hydrogens (tertiary/aromatic N) is 3. The van der Waals surface area contributed by atoms with Crippen LogP contribution in [0.5, 0.6) is 11.5 Å². The molecule has 34 heavy (non-hydrogen) atoms. The second kappa shape index (κ2) is 9.31. The SMILES string of the molecule is O=C(C1CCCCC1)N1CCCN(C2=Nc3ccc(C(F)(F)F)cc3Oc3ccccc32)CC1. The van der Waals surface area contributed by atoms with Gasteiger partial charge in [0, 0.05) is 32.1 Å². The second-order valence-electron chi connectivity index (χ2n) is 9.21. The number of halogens is 3. The topological polar surface area (TPSA) is 45.1 Å². The third-order valence-electron chi connectivity index (χ3n) is 6.92. The summed E-state index contributed by atoms with van der Waals surface area (Å²) in [5, 5.41) is 0. The van der Waals surface area contributed by atoms with Gasteiger partial charge in [-0.2, -0.15) is 13.2 Å². The molecular formula is C26H28F3N3O2. The Bertz CT molecular complexity index is 1090. The summed E-state index contributed by atoms with van der Waals surface area (Å²) in [6.45, 7) is 2.64. The van der Waals surface area contributed by atoms with E-state index in [-0.39, 0.29) is 17.6 Å². The normalized spacial score (nSPS) is 19.3. The van der Waals surface area contributed by atoms with Crippen LogP contribution in [0.25, 0.3) is 0 Å². The Hall–Kier alpha value is -3.03. The van der Waals surface area contributed by atoms with Gasteiger partial charge in [0.05, 0.1) is 11.1 Å². The average molecular weight is 472 g/mol. The van der Waals surface area contributed by atoms with Gasteiger partial charge in [0.1, 0.15) is 17.3 Å². The number of hydrogen-bond acceptors (Lipinski definition) is 4. The number of benzene rings is 2. The maximum Gasteiger partial charge on any atom is 0.416 e. The number of amidine groups is 1. The number of fused-ring (bicyclic) bond motifs is 2. The maximum absolute atomic E-state index is 13.3. The summed E-state index contributed by atoms with van der Waals surface area (Å²) in [4.78, 5) is 22.0. The quantitative estimate of drug-likeness (QED) is 0.512. The van der Waals surface area contributed by atoms with Crippen LogP contribution >= 0.6 is 0 Å². The van der Waals surface area contributed by atoms with E-state index in [0.717, 1.165) is 49.8 Å². The first-order valence-electron chi connectivity index (χ1n) is 12.0. The van der Waals surface area contributed by atoms with Crippen LogP contribution in [0.4, 0.5) is 18.9 Å². The van der Waals surface area contributed by atoms with Crippen molar-refractivity contribution >= 4 is 17.4 Å². The maximum atomic E-state index is 13.3. The molecule has 1 saturated heterocycles. The molecule has 0 N–H and O–H groups in total. The molecule has 0 aromatic heterocycles. The Labute approximate surface area is 197 Å². The number of hydrogen-bond donors (Lipinski definition) is 0. The van der Waals surface area contributed by atoms with Crippen LogP contribution in [0.15, 0.2) is 47.5 Å². The van der Waals surface area contributed by atoms with Crippen LogP contribution in [0.1, 0.15) is 49.7 Å². The van der Waals surface area contributed by atoms with Crippen molar-refractivity contribution < 1.29 is 22.7 Å². The first-order valence-corrected chi connectivity index (χ1v) is 12.0. The van der Waals surface area contributed by atoms with Gasteiger partial charge >= 0.3 is 6.18 Å². The number of rotatable bonds is 1. The molecule has 1 saturated carbocycles. The zero-order valence-electron chi connectivity index (χ0n) is 19.0. The van der Waals surface area contributed by atoms with Crippen LogP contribution in [0.3, 0.4) is 0 Å². The summed E-state index contributed by atoms with van der Waals surface area (Å²) in [7, 11) is 0. The van der Waals surface area contributed by atoms with E-state index in [1.165, 1.54) is 12.5 Å². The Morgan fingerprint density at radius 2 is 1.71 bits per heavy atom. The molecule has 2 heterocycles. The minimum absolute atomic E-state index is 0.0844. The third-order valence-corrected chi connectivity index (χ3v) is 6.92. The second-order valence-corrected chi connectivity index (χ2v) is 9.21. The van der Waals surface area contributed by atoms with E-state index in [9.17, 15) is 18.0 Å². The van der Waals surface area contributed by atoms with Crippen molar-refractivity contribution in [1.29, 1.82) is 0 Å². The molecule has 2 aliphatic heterocycles. The van der Waals surface area contributed by atoms with Crippen molar-refractivity contribution in [2.45, 2.75) is 44.7 Å². The van der Waals surface area contributed by atoms with Gasteiger partial charge in [-0.1, -0.05) is 31.4 Å². The minimum atomic E-state index is -4.46. The van der Waals surface area contributed by atoms with Crippen molar-refractivity contribution in [2.24, 2.45) is 10.9 Å². The summed E-state index contributed by atoms with van der Waals surface area (Å²) < 4.78 is 45.7. The zero-order valence-corrected chi connectivity index (χ0v) is 19.0. The highest BCUT2D eigenvalue weighted by atomic mass is 19.4. The number of carbonyl (C=O) groups excluding carboxylic acids is 1. The minimum Gasteiger partial charge on any atom is -0.454 e.